The topological polar surface area (TPSA) is 166 Å². The molecule has 5 N–H and O–H groups in total. The third-order valence-corrected chi connectivity index (χ3v) is 6.48. The van der Waals surface area contributed by atoms with E-state index in [1.165, 1.54) is 6.92 Å². The number of aliphatic hydroxyl groups is 1. The van der Waals surface area contributed by atoms with Gasteiger partial charge >= 0.3 is 0 Å². The van der Waals surface area contributed by atoms with Crippen LogP contribution in [0.5, 0.6) is 0 Å². The van der Waals surface area contributed by atoms with E-state index in [1.807, 2.05) is 58.0 Å². The Labute approximate surface area is 229 Å². The van der Waals surface area contributed by atoms with Crippen LogP contribution in [0.4, 0.5) is 0 Å². The normalized spacial score (nSPS) is 19.4. The molecular formula is C28H42N4O7. The van der Waals surface area contributed by atoms with E-state index in [-0.39, 0.29) is 30.5 Å². The average Bonchev–Trinajstić information content (AvgIpc) is 3.62. The van der Waals surface area contributed by atoms with Gasteiger partial charge in [0.15, 0.2) is 5.78 Å². The number of Topliss-reactive ketones (excluding diaryl/α,β-unsaturated/α-hetero) is 1. The van der Waals surface area contributed by atoms with Crippen molar-refractivity contribution >= 4 is 29.4 Å². The lowest BCUT2D eigenvalue weighted by molar-refractivity contribution is -0.135. The first-order valence-electron chi connectivity index (χ1n) is 13.3. The molecule has 11 nitrogen and oxygen atoms in total. The highest BCUT2D eigenvalue weighted by atomic mass is 16.6. The third-order valence-electron chi connectivity index (χ3n) is 6.48. The molecule has 1 saturated heterocycles. The molecule has 1 unspecified atom stereocenters. The Morgan fingerprint density at radius 3 is 1.90 bits per heavy atom. The fourth-order valence-electron chi connectivity index (χ4n) is 4.11. The van der Waals surface area contributed by atoms with E-state index in [0.29, 0.717) is 6.61 Å². The van der Waals surface area contributed by atoms with E-state index in [4.69, 9.17) is 4.74 Å². The lowest BCUT2D eigenvalue weighted by Crippen LogP contribution is -2.59. The standard InChI is InChI=1S/C28H42N4O7/c1-16(2)12-20(30-27(38)22(14-33)29-18(5)34)25(36)31-21(13-19-10-8-7-9-11-19)26(37)32-23(17(3)4)24(35)28(6)15-39-28/h7-11,16-17,20-23,33H,12-15H2,1-6H3,(H,29,34)(H,30,38)(H,31,36)(H,32,37)/t20?,21-,22-,23-,28+/m0/s1. The minimum absolute atomic E-state index is 0.00183. The molecule has 0 spiro atoms. The second kappa shape index (κ2) is 14.2. The van der Waals surface area contributed by atoms with Gasteiger partial charge in [0.25, 0.3) is 0 Å². The fourth-order valence-corrected chi connectivity index (χ4v) is 4.11. The molecule has 1 aromatic rings. The smallest absolute Gasteiger partial charge is 0.245 e. The van der Waals surface area contributed by atoms with Crippen LogP contribution in [0.1, 0.15) is 53.5 Å². The molecule has 1 fully saturated rings. The Bertz CT molecular complexity index is 1020. The molecule has 1 aromatic carbocycles. The van der Waals surface area contributed by atoms with E-state index in [1.54, 1.807) is 6.92 Å². The predicted molar refractivity (Wildman–Crippen MR) is 144 cm³/mol. The summed E-state index contributed by atoms with van der Waals surface area (Å²) in [4.78, 5) is 64.1. The molecule has 11 heteroatoms. The molecule has 39 heavy (non-hydrogen) atoms. The monoisotopic (exact) mass is 546 g/mol. The highest BCUT2D eigenvalue weighted by Gasteiger charge is 2.51. The van der Waals surface area contributed by atoms with Crippen LogP contribution in [0.15, 0.2) is 30.3 Å². The molecule has 0 radical (unpaired) electrons. The van der Waals surface area contributed by atoms with Crippen molar-refractivity contribution < 1.29 is 33.8 Å². The lowest BCUT2D eigenvalue weighted by atomic mass is 9.91. The first-order valence-corrected chi connectivity index (χ1v) is 13.3. The molecule has 1 heterocycles. The predicted octanol–water partition coefficient (Wildman–Crippen LogP) is 0.241. The highest BCUT2D eigenvalue weighted by Crippen LogP contribution is 2.29. The van der Waals surface area contributed by atoms with Gasteiger partial charge in [-0.15, -0.1) is 0 Å². The summed E-state index contributed by atoms with van der Waals surface area (Å²) in [7, 11) is 0. The summed E-state index contributed by atoms with van der Waals surface area (Å²) >= 11 is 0. The third kappa shape index (κ3) is 9.74. The zero-order valence-corrected chi connectivity index (χ0v) is 23.6. The molecule has 5 atom stereocenters. The fraction of sp³-hybridized carbons (Fsp3) is 0.607. The summed E-state index contributed by atoms with van der Waals surface area (Å²) in [5, 5.41) is 20.0. The molecule has 0 aliphatic carbocycles. The van der Waals surface area contributed by atoms with Gasteiger partial charge in [-0.3, -0.25) is 24.0 Å². The molecule has 1 aliphatic heterocycles. The number of hydrogen-bond donors (Lipinski definition) is 5. The van der Waals surface area contributed by atoms with Crippen LogP contribution in [0.3, 0.4) is 0 Å². The van der Waals surface area contributed by atoms with Crippen molar-refractivity contribution in [3.63, 3.8) is 0 Å². The summed E-state index contributed by atoms with van der Waals surface area (Å²) in [6, 6.07) is 5.00. The van der Waals surface area contributed by atoms with E-state index >= 15 is 0 Å². The number of nitrogens with one attached hydrogen (secondary N) is 4. The number of epoxide rings is 1. The van der Waals surface area contributed by atoms with E-state index in [9.17, 15) is 29.1 Å². The number of ketones is 1. The number of carbonyl (C=O) groups excluding carboxylic acids is 5. The summed E-state index contributed by atoms with van der Waals surface area (Å²) < 4.78 is 5.29. The van der Waals surface area contributed by atoms with Gasteiger partial charge in [0, 0.05) is 13.3 Å². The highest BCUT2D eigenvalue weighted by molar-refractivity contribution is 5.99. The summed E-state index contributed by atoms with van der Waals surface area (Å²) in [6.07, 6.45) is 0.400. The average molecular weight is 547 g/mol. The summed E-state index contributed by atoms with van der Waals surface area (Å²) in [5.41, 5.74) is -0.136. The largest absolute Gasteiger partial charge is 0.394 e. The van der Waals surface area contributed by atoms with Crippen LogP contribution < -0.4 is 21.3 Å². The Morgan fingerprint density at radius 2 is 1.41 bits per heavy atom. The maximum Gasteiger partial charge on any atom is 0.245 e. The Hall–Kier alpha value is -3.31. The van der Waals surface area contributed by atoms with Crippen molar-refractivity contribution in [2.75, 3.05) is 13.2 Å². The van der Waals surface area contributed by atoms with Gasteiger partial charge < -0.3 is 31.1 Å². The van der Waals surface area contributed by atoms with E-state index in [2.05, 4.69) is 21.3 Å². The quantitative estimate of drug-likeness (QED) is 0.197. The number of aliphatic hydroxyl groups excluding tert-OH is 1. The Balaban J connectivity index is 2.26. The first-order chi connectivity index (χ1) is 18.3. The van der Waals surface area contributed by atoms with Gasteiger partial charge in [-0.1, -0.05) is 58.0 Å². The van der Waals surface area contributed by atoms with Crippen molar-refractivity contribution in [1.82, 2.24) is 21.3 Å². The zero-order valence-electron chi connectivity index (χ0n) is 23.6. The van der Waals surface area contributed by atoms with E-state index in [0.717, 1.165) is 5.56 Å². The number of amides is 4. The SMILES string of the molecule is CC(=O)N[C@@H](CO)C(=O)NC(CC(C)C)C(=O)N[C@@H](Cc1ccccc1)C(=O)N[C@H](C(=O)[C@@]1(C)CO1)C(C)C. The number of hydrogen-bond acceptors (Lipinski definition) is 7. The molecule has 4 amide bonds. The van der Waals surface area contributed by atoms with Crippen molar-refractivity contribution in [3.05, 3.63) is 35.9 Å². The van der Waals surface area contributed by atoms with Crippen LogP contribution in [0, 0.1) is 11.8 Å². The van der Waals surface area contributed by atoms with Crippen molar-refractivity contribution in [2.45, 2.75) is 84.2 Å². The molecule has 1 aliphatic rings. The minimum Gasteiger partial charge on any atom is -0.394 e. The minimum atomic E-state index is -1.22. The maximum absolute atomic E-state index is 13.5. The summed E-state index contributed by atoms with van der Waals surface area (Å²) in [6.45, 7) is 9.92. The summed E-state index contributed by atoms with van der Waals surface area (Å²) in [5.74, 6) is -2.81. The molecule has 0 bridgehead atoms. The molecule has 0 aromatic heterocycles. The van der Waals surface area contributed by atoms with Gasteiger partial charge in [-0.05, 0) is 30.7 Å². The number of carbonyl (C=O) groups is 5. The number of rotatable bonds is 15. The van der Waals surface area contributed by atoms with Gasteiger partial charge in [-0.25, -0.2) is 0 Å². The molecule has 216 valence electrons. The van der Waals surface area contributed by atoms with Gasteiger partial charge in [0.1, 0.15) is 23.7 Å². The second-order valence-corrected chi connectivity index (χ2v) is 11.0. The number of ether oxygens (including phenoxy) is 1. The van der Waals surface area contributed by atoms with Gasteiger partial charge in [-0.2, -0.15) is 0 Å². The van der Waals surface area contributed by atoms with Crippen LogP contribution in [0.25, 0.3) is 0 Å². The van der Waals surface area contributed by atoms with Gasteiger partial charge in [0.05, 0.1) is 19.3 Å². The van der Waals surface area contributed by atoms with Crippen molar-refractivity contribution in [3.8, 4) is 0 Å². The Kier molecular flexibility index (Phi) is 11.6. The maximum atomic E-state index is 13.5. The molecule has 0 saturated carbocycles. The van der Waals surface area contributed by atoms with Crippen molar-refractivity contribution in [1.29, 1.82) is 0 Å². The molecular weight excluding hydrogens is 504 g/mol. The first kappa shape index (κ1) is 31.9. The number of benzene rings is 1. The Morgan fingerprint density at radius 1 is 0.872 bits per heavy atom. The van der Waals surface area contributed by atoms with Crippen LogP contribution >= 0.6 is 0 Å². The van der Waals surface area contributed by atoms with Crippen LogP contribution in [0.2, 0.25) is 0 Å². The van der Waals surface area contributed by atoms with E-state index < -0.39 is 60.0 Å². The van der Waals surface area contributed by atoms with Crippen LogP contribution in [-0.4, -0.2) is 77.5 Å². The van der Waals surface area contributed by atoms with Crippen LogP contribution in [-0.2, 0) is 35.1 Å². The molecule has 2 rings (SSSR count). The van der Waals surface area contributed by atoms with Gasteiger partial charge in [0.2, 0.25) is 23.6 Å². The van der Waals surface area contributed by atoms with Crippen molar-refractivity contribution in [2.24, 2.45) is 11.8 Å². The lowest BCUT2D eigenvalue weighted by Gasteiger charge is -2.28. The zero-order chi connectivity index (χ0) is 29.3. The second-order valence-electron chi connectivity index (χ2n) is 11.0.